The van der Waals surface area contributed by atoms with E-state index in [-0.39, 0.29) is 76.1 Å². The minimum absolute atomic E-state index is 0.186. The van der Waals surface area contributed by atoms with Crippen molar-refractivity contribution in [2.75, 3.05) is 10.6 Å². The number of carbonyl (C=O) groups excluding carboxylic acids is 2. The van der Waals surface area contributed by atoms with Gasteiger partial charge in [-0.25, -0.2) is 19.9 Å². The van der Waals surface area contributed by atoms with Gasteiger partial charge in [0, 0.05) is 77.6 Å². The molecule has 0 spiro atoms. The van der Waals surface area contributed by atoms with Crippen molar-refractivity contribution in [1.29, 1.82) is 0 Å². The standard InChI is InChI=1S/C132H152N10O2/c1-121(2,3)83-57-77(58-84(69-83)122(4,5)6)111-95-40-44-99(133-95)113(79-61-87(125(13,14)15)71-88(62-79)126(16,17)18)103-48-52-107(137-103)117(108-53-49-104(138-108)114(100-45-41-96(111)134-100)80-63-89(127(19,20)21)72-90(64-80)128(22,23)24)141-119(143)75-38-37-39-76(56-75)120(144)142-118-109-54-50-105(139-109)115(81-65-91(129(25,26)27)73-92(66-81)130(28,29)30)101-46-42-97(135-101)112(78-59-85(123(7,8)9)70-86(60-78)124(10,11)12)98-43-47-102(136-98)116(106-51-55-110(118)140-106)82-67-93(131(31,32)33)74-94(68-82)132(34,35)36/h37-74,133,135,138,140H,1-36H3,(H,141,143)(H,142,144). The van der Waals surface area contributed by atoms with Gasteiger partial charge in [0.1, 0.15) is 0 Å². The minimum Gasteiger partial charge on any atom is -0.354 e. The number of aromatic nitrogens is 8. The van der Waals surface area contributed by atoms with Gasteiger partial charge in [0.2, 0.25) is 0 Å². The summed E-state index contributed by atoms with van der Waals surface area (Å²) >= 11 is 0. The van der Waals surface area contributed by atoms with Crippen molar-refractivity contribution in [1.82, 2.24) is 39.9 Å². The highest BCUT2D eigenvalue weighted by molar-refractivity contribution is 6.13. The molecule has 17 rings (SSSR count). The van der Waals surface area contributed by atoms with E-state index in [0.29, 0.717) is 45.2 Å². The summed E-state index contributed by atoms with van der Waals surface area (Å²) in [5.74, 6) is -0.921. The van der Waals surface area contributed by atoms with Crippen LogP contribution >= 0.6 is 0 Å². The van der Waals surface area contributed by atoms with Gasteiger partial charge in [0.05, 0.1) is 68.0 Å². The number of anilines is 2. The Bertz CT molecular complexity index is 7130. The number of nitrogens with one attached hydrogen (secondary N) is 6. The van der Waals surface area contributed by atoms with Crippen molar-refractivity contribution < 1.29 is 9.59 Å². The van der Waals surface area contributed by atoms with Crippen molar-refractivity contribution in [3.8, 4) is 66.8 Å². The second-order valence-electron chi connectivity index (χ2n) is 53.3. The number of benzene rings is 7. The molecular weight excluding hydrogens is 1760 g/mol. The maximum atomic E-state index is 16.3. The number of H-pyrrole nitrogens is 4. The molecule has 16 bridgehead atoms. The molecule has 0 saturated heterocycles. The van der Waals surface area contributed by atoms with Crippen molar-refractivity contribution >= 4 is 116 Å². The van der Waals surface area contributed by atoms with Crippen LogP contribution in [0.1, 0.15) is 382 Å². The third-order valence-electron chi connectivity index (χ3n) is 29.1. The van der Waals surface area contributed by atoms with E-state index in [4.69, 9.17) is 19.9 Å². The van der Waals surface area contributed by atoms with Gasteiger partial charge >= 0.3 is 0 Å². The summed E-state index contributed by atoms with van der Waals surface area (Å²) in [6.07, 6.45) is 16.9. The molecule has 0 aliphatic carbocycles. The average molecular weight is 1910 g/mol. The number of aromatic amines is 4. The van der Waals surface area contributed by atoms with Gasteiger partial charge in [0.15, 0.2) is 0 Å². The molecule has 4 aliphatic rings. The van der Waals surface area contributed by atoms with Crippen molar-refractivity contribution in [3.63, 3.8) is 0 Å². The van der Waals surface area contributed by atoms with Crippen LogP contribution in [0.5, 0.6) is 0 Å². The Morgan fingerprint density at radius 1 is 0.188 bits per heavy atom. The third kappa shape index (κ3) is 20.9. The number of carbonyl (C=O) groups is 2. The van der Waals surface area contributed by atoms with E-state index in [0.717, 1.165) is 123 Å². The van der Waals surface area contributed by atoms with E-state index < -0.39 is 11.8 Å². The average Bonchev–Trinajstić information content (AvgIpc) is 1.59. The van der Waals surface area contributed by atoms with E-state index in [1.54, 1.807) is 24.3 Å². The van der Waals surface area contributed by atoms with Crippen molar-refractivity contribution in [2.45, 2.75) is 314 Å². The molecule has 0 atom stereocenters. The van der Waals surface area contributed by atoms with Gasteiger partial charge in [-0.2, -0.15) is 0 Å². The van der Waals surface area contributed by atoms with Crippen LogP contribution < -0.4 is 10.6 Å². The van der Waals surface area contributed by atoms with E-state index in [1.807, 2.05) is 24.3 Å². The van der Waals surface area contributed by atoms with Crippen LogP contribution in [0.4, 0.5) is 11.4 Å². The second-order valence-corrected chi connectivity index (χ2v) is 53.3. The first-order valence-electron chi connectivity index (χ1n) is 51.7. The summed E-state index contributed by atoms with van der Waals surface area (Å²) in [6.45, 7) is 82.2. The number of hydrogen-bond acceptors (Lipinski definition) is 6. The summed E-state index contributed by atoms with van der Waals surface area (Å²) in [7, 11) is 0. The molecule has 0 unspecified atom stereocenters. The van der Waals surface area contributed by atoms with Crippen LogP contribution in [-0.4, -0.2) is 51.7 Å². The predicted molar refractivity (Wildman–Crippen MR) is 617 cm³/mol. The highest BCUT2D eigenvalue weighted by Gasteiger charge is 2.34. The number of fused-ring (bicyclic) bond motifs is 16. The lowest BCUT2D eigenvalue weighted by molar-refractivity contribution is 0.102. The second kappa shape index (κ2) is 35.9. The van der Waals surface area contributed by atoms with Gasteiger partial charge in [-0.05, 0) is 280 Å². The first-order valence-corrected chi connectivity index (χ1v) is 51.7. The Labute approximate surface area is 856 Å². The molecule has 0 radical (unpaired) electrons. The first kappa shape index (κ1) is 102. The third-order valence-corrected chi connectivity index (χ3v) is 29.1. The molecular formula is C132H152N10O2. The van der Waals surface area contributed by atoms with Crippen LogP contribution in [0.3, 0.4) is 0 Å². The maximum Gasteiger partial charge on any atom is 0.255 e. The van der Waals surface area contributed by atoms with Gasteiger partial charge in [-0.1, -0.05) is 365 Å². The van der Waals surface area contributed by atoms with Crippen molar-refractivity contribution in [3.05, 3.63) is 305 Å². The van der Waals surface area contributed by atoms with Crippen LogP contribution in [0.15, 0.2) is 182 Å². The molecule has 0 saturated carbocycles. The number of hydrogen-bond donors (Lipinski definition) is 6. The molecule has 4 aliphatic heterocycles. The SMILES string of the molecule is CC(C)(C)c1cc(-c2c3nc(c(-c4cc(C(C)(C)C)cc(C(C)(C)C)c4)c4ccc([nH]4)c(-c4cc(C(C)(C)C)cc(C(C)(C)C)c4)c4nc(c(NC(=O)c5cccc(C(=O)Nc6c7nc(c(-c8cc(C(C)(C)C)cc(C(C)(C)C)c8)c8ccc([nH]8)c(-c8cc(C(C)(C)C)cc(C(C)(C)C)c8)c8nc(c(-c9cc(C(C)(C)C)cc(C(C)(C)C)c9)c9ccc6[nH]9)C=C8)C=C7)c5)c5ccc2[nH]5)C=C4)C=C3)cc(C(C)(C)C)c1. The topological polar surface area (TPSA) is 173 Å². The molecule has 0 fully saturated rings. The summed E-state index contributed by atoms with van der Waals surface area (Å²) in [5, 5.41) is 6.99. The zero-order chi connectivity index (χ0) is 104. The first-order chi connectivity index (χ1) is 66.6. The molecule has 144 heavy (non-hydrogen) atoms. The van der Waals surface area contributed by atoms with E-state index in [2.05, 4.69) is 462 Å². The van der Waals surface area contributed by atoms with Gasteiger partial charge in [0.25, 0.3) is 11.8 Å². The highest BCUT2D eigenvalue weighted by Crippen LogP contribution is 2.49. The molecule has 12 heteroatoms. The largest absolute Gasteiger partial charge is 0.354 e. The number of nitrogens with zero attached hydrogens (tertiary/aromatic N) is 4. The Morgan fingerprint density at radius 2 is 0.333 bits per heavy atom. The van der Waals surface area contributed by atoms with Gasteiger partial charge in [-0.3, -0.25) is 9.59 Å². The van der Waals surface area contributed by atoms with Gasteiger partial charge < -0.3 is 30.6 Å². The summed E-state index contributed by atoms with van der Waals surface area (Å²) in [4.78, 5) is 72.1. The minimum atomic E-state index is -0.460. The molecule has 13 aromatic rings. The zero-order valence-corrected chi connectivity index (χ0v) is 92.5. The Morgan fingerprint density at radius 3 is 0.500 bits per heavy atom. The van der Waals surface area contributed by atoms with Gasteiger partial charge in [-0.15, -0.1) is 0 Å². The van der Waals surface area contributed by atoms with Crippen LogP contribution in [0.25, 0.3) is 160 Å². The lowest BCUT2D eigenvalue weighted by atomic mass is 9.78. The van der Waals surface area contributed by atoms with Crippen LogP contribution in [0.2, 0.25) is 0 Å². The Hall–Kier alpha value is -13.3. The highest BCUT2D eigenvalue weighted by atomic mass is 16.2. The number of amides is 2. The molecule has 6 aromatic heterocycles. The quantitative estimate of drug-likeness (QED) is 0.0795. The molecule has 2 amide bonds. The Balaban J connectivity index is 0.900. The summed E-state index contributed by atoms with van der Waals surface area (Å²) < 4.78 is 0. The Kier molecular flexibility index (Phi) is 25.4. The molecule has 742 valence electrons. The molecule has 12 nitrogen and oxygen atoms in total. The zero-order valence-electron chi connectivity index (χ0n) is 92.5. The van der Waals surface area contributed by atoms with Crippen LogP contribution in [0, 0.1) is 0 Å². The van der Waals surface area contributed by atoms with Crippen molar-refractivity contribution in [2.24, 2.45) is 0 Å². The molecule has 10 heterocycles. The predicted octanol–water partition coefficient (Wildman–Crippen LogP) is 35.7. The van der Waals surface area contributed by atoms with E-state index in [1.165, 1.54) is 66.8 Å². The van der Waals surface area contributed by atoms with Crippen LogP contribution in [-0.2, 0) is 65.0 Å². The maximum absolute atomic E-state index is 16.3. The number of rotatable bonds is 10. The summed E-state index contributed by atoms with van der Waals surface area (Å²) in [5.41, 5.74) is 36.8. The van der Waals surface area contributed by atoms with E-state index >= 15 is 9.59 Å². The lowest BCUT2D eigenvalue weighted by Crippen LogP contribution is -2.17. The summed E-state index contributed by atoms with van der Waals surface area (Å²) in [6, 6.07) is 66.5. The normalized spacial score (nSPS) is 13.6. The lowest BCUT2D eigenvalue weighted by Gasteiger charge is -2.26. The smallest absolute Gasteiger partial charge is 0.255 e. The monoisotopic (exact) mass is 1910 g/mol. The molecule has 7 aromatic carbocycles. The fraction of sp³-hybridized carbons (Fsp3) is 0.364. The molecule has 6 N–H and O–H groups in total. The fourth-order valence-corrected chi connectivity index (χ4v) is 19.5. The fourth-order valence-electron chi connectivity index (χ4n) is 19.5. The van der Waals surface area contributed by atoms with E-state index in [9.17, 15) is 0 Å².